The smallest absolute Gasteiger partial charge is 0.329 e. The van der Waals surface area contributed by atoms with Crippen LogP contribution in [0.2, 0.25) is 0 Å². The highest BCUT2D eigenvalue weighted by Gasteiger charge is 2.55. The number of fused-ring (bicyclic) bond motifs is 1. The average molecular weight is 218 g/mol. The molecule has 0 aromatic carbocycles. The Kier molecular flexibility index (Phi) is 2.17. The van der Waals surface area contributed by atoms with Gasteiger partial charge < -0.3 is 20.8 Å². The van der Waals surface area contributed by atoms with E-state index >= 15 is 0 Å². The Morgan fingerprint density at radius 3 is 2.86 bits per heavy atom. The molecule has 0 spiro atoms. The van der Waals surface area contributed by atoms with Crippen LogP contribution in [0.25, 0.3) is 0 Å². The number of thioether (sulfide) groups is 1. The van der Waals surface area contributed by atoms with Gasteiger partial charge >= 0.3 is 5.97 Å². The van der Waals surface area contributed by atoms with E-state index in [0.29, 0.717) is 5.75 Å². The zero-order valence-corrected chi connectivity index (χ0v) is 7.98. The number of hydrogen-bond donors (Lipinski definition) is 3. The lowest BCUT2D eigenvalue weighted by Gasteiger charge is -2.51. The molecule has 2 unspecified atom stereocenters. The summed E-state index contributed by atoms with van der Waals surface area (Å²) >= 11 is 1.32. The van der Waals surface area contributed by atoms with E-state index in [0.717, 1.165) is 4.90 Å². The Hall–Kier alpha value is -0.790. The molecule has 0 aromatic heterocycles. The summed E-state index contributed by atoms with van der Waals surface area (Å²) in [5.74, 6) is -1.27. The minimum Gasteiger partial charge on any atom is -0.480 e. The molecule has 0 aromatic rings. The third-order valence-corrected chi connectivity index (χ3v) is 3.87. The van der Waals surface area contributed by atoms with Gasteiger partial charge in [0.15, 0.2) is 6.04 Å². The summed E-state index contributed by atoms with van der Waals surface area (Å²) in [6.45, 7) is 0. The van der Waals surface area contributed by atoms with Crippen LogP contribution in [0.15, 0.2) is 0 Å². The Morgan fingerprint density at radius 1 is 1.64 bits per heavy atom. The van der Waals surface area contributed by atoms with Gasteiger partial charge in [-0.15, -0.1) is 11.8 Å². The first-order valence-corrected chi connectivity index (χ1v) is 5.19. The van der Waals surface area contributed by atoms with E-state index in [1.54, 1.807) is 0 Å². The van der Waals surface area contributed by atoms with Crippen LogP contribution in [-0.2, 0) is 9.59 Å². The molecule has 0 saturated carbocycles. The van der Waals surface area contributed by atoms with Crippen LogP contribution in [0.3, 0.4) is 0 Å². The first-order chi connectivity index (χ1) is 6.54. The molecular weight excluding hydrogens is 208 g/mol. The summed E-state index contributed by atoms with van der Waals surface area (Å²) in [4.78, 5) is 23.2. The molecule has 78 valence electrons. The number of aliphatic hydroxyl groups is 1. The quantitative estimate of drug-likeness (QED) is 0.442. The monoisotopic (exact) mass is 218 g/mol. The lowest BCUT2D eigenvalue weighted by atomic mass is 10.0. The third kappa shape index (κ3) is 1.13. The Balaban J connectivity index is 2.21. The molecule has 0 bridgehead atoms. The molecule has 2 fully saturated rings. The number of aliphatic carboxylic acids is 1. The fraction of sp³-hybridized carbons (Fsp3) is 0.714. The predicted molar refractivity (Wildman–Crippen MR) is 48.5 cm³/mol. The van der Waals surface area contributed by atoms with Crippen LogP contribution in [0.1, 0.15) is 0 Å². The van der Waals surface area contributed by atoms with Gasteiger partial charge in [-0.25, -0.2) is 4.79 Å². The van der Waals surface area contributed by atoms with Crippen molar-refractivity contribution in [1.29, 1.82) is 0 Å². The van der Waals surface area contributed by atoms with Crippen molar-refractivity contribution in [1.82, 2.24) is 4.90 Å². The van der Waals surface area contributed by atoms with E-state index in [4.69, 9.17) is 10.8 Å². The molecule has 2 aliphatic rings. The summed E-state index contributed by atoms with van der Waals surface area (Å²) in [5, 5.41) is 18.0. The standard InChI is InChI=1S/C7H10N2O4S/c8-3-5(11)9-4(7(12)13)2(10)1-14-6(3)9/h2-4,6,10H,1,8H2,(H,12,13)/t2?,3-,4?,6+/m1/s1. The summed E-state index contributed by atoms with van der Waals surface area (Å²) in [6, 6.07) is -1.75. The van der Waals surface area contributed by atoms with Crippen molar-refractivity contribution in [3.63, 3.8) is 0 Å². The van der Waals surface area contributed by atoms with Gasteiger partial charge in [0.1, 0.15) is 11.4 Å². The number of rotatable bonds is 1. The van der Waals surface area contributed by atoms with Crippen LogP contribution >= 0.6 is 11.8 Å². The molecule has 14 heavy (non-hydrogen) atoms. The minimum atomic E-state index is -1.18. The number of aliphatic hydroxyl groups excluding tert-OH is 1. The van der Waals surface area contributed by atoms with Crippen molar-refractivity contribution in [2.75, 3.05) is 5.75 Å². The molecule has 2 aliphatic heterocycles. The summed E-state index contributed by atoms with van der Waals surface area (Å²) in [7, 11) is 0. The minimum absolute atomic E-state index is 0.285. The predicted octanol–water partition coefficient (Wildman–Crippen LogP) is -1.96. The Labute approximate surface area is 84.1 Å². The molecule has 7 heteroatoms. The SMILES string of the molecule is N[C@@H]1C(=O)N2C(C(=O)O)C(O)CS[C@@H]12. The van der Waals surface area contributed by atoms with E-state index in [1.165, 1.54) is 11.8 Å². The molecule has 0 radical (unpaired) electrons. The van der Waals surface area contributed by atoms with Crippen molar-refractivity contribution >= 4 is 23.6 Å². The van der Waals surface area contributed by atoms with Gasteiger partial charge in [-0.1, -0.05) is 0 Å². The van der Waals surface area contributed by atoms with Gasteiger partial charge in [0, 0.05) is 5.75 Å². The molecule has 4 atom stereocenters. The molecule has 2 saturated heterocycles. The van der Waals surface area contributed by atoms with Gasteiger partial charge in [0.2, 0.25) is 5.91 Å². The topological polar surface area (TPSA) is 104 Å². The second-order valence-electron chi connectivity index (χ2n) is 3.35. The number of carbonyl (C=O) groups is 2. The Morgan fingerprint density at radius 2 is 2.29 bits per heavy atom. The number of amides is 1. The zero-order chi connectivity index (χ0) is 10.5. The van der Waals surface area contributed by atoms with Crippen molar-refractivity contribution in [2.24, 2.45) is 5.73 Å². The lowest BCUT2D eigenvalue weighted by molar-refractivity contribution is -0.165. The second kappa shape index (κ2) is 3.11. The van der Waals surface area contributed by atoms with Crippen LogP contribution in [0.4, 0.5) is 0 Å². The van der Waals surface area contributed by atoms with E-state index in [1.807, 2.05) is 0 Å². The highest BCUT2D eigenvalue weighted by molar-refractivity contribution is 8.00. The first kappa shape index (κ1) is 9.75. The molecule has 1 amide bonds. The molecule has 6 nitrogen and oxygen atoms in total. The molecule has 2 rings (SSSR count). The van der Waals surface area contributed by atoms with Crippen LogP contribution in [0.5, 0.6) is 0 Å². The number of carbonyl (C=O) groups excluding carboxylic acids is 1. The van der Waals surface area contributed by atoms with E-state index < -0.39 is 30.1 Å². The zero-order valence-electron chi connectivity index (χ0n) is 7.16. The third-order valence-electron chi connectivity index (χ3n) is 2.48. The van der Waals surface area contributed by atoms with Gasteiger partial charge in [-0.3, -0.25) is 4.79 Å². The van der Waals surface area contributed by atoms with Gasteiger partial charge in [0.05, 0.1) is 6.10 Å². The van der Waals surface area contributed by atoms with Gasteiger partial charge in [-0.2, -0.15) is 0 Å². The van der Waals surface area contributed by atoms with Gasteiger partial charge in [0.25, 0.3) is 0 Å². The molecular formula is C7H10N2O4S. The first-order valence-electron chi connectivity index (χ1n) is 4.14. The average Bonchev–Trinajstić information content (AvgIpc) is 2.15. The maximum Gasteiger partial charge on any atom is 0.329 e. The normalized spacial score (nSPS) is 41.6. The molecule has 2 heterocycles. The number of carboxylic acids is 1. The highest BCUT2D eigenvalue weighted by Crippen LogP contribution is 2.37. The van der Waals surface area contributed by atoms with Crippen molar-refractivity contribution in [2.45, 2.75) is 23.6 Å². The van der Waals surface area contributed by atoms with Crippen LogP contribution in [0, 0.1) is 0 Å². The molecule has 0 aliphatic carbocycles. The van der Waals surface area contributed by atoms with E-state index in [-0.39, 0.29) is 5.37 Å². The van der Waals surface area contributed by atoms with E-state index in [9.17, 15) is 14.7 Å². The second-order valence-corrected chi connectivity index (χ2v) is 4.50. The number of carboxylic acid groups (broad SMARTS) is 1. The maximum atomic E-state index is 11.3. The number of nitrogens with two attached hydrogens (primary N) is 1. The lowest BCUT2D eigenvalue weighted by Crippen LogP contribution is -2.75. The van der Waals surface area contributed by atoms with Crippen LogP contribution in [-0.4, -0.2) is 56.3 Å². The van der Waals surface area contributed by atoms with Gasteiger partial charge in [-0.05, 0) is 0 Å². The summed E-state index contributed by atoms with van der Waals surface area (Å²) < 4.78 is 0. The fourth-order valence-corrected chi connectivity index (χ4v) is 3.04. The molecule has 4 N–H and O–H groups in total. The number of β-lactam (4-membered cyclic amide) rings is 1. The maximum absolute atomic E-state index is 11.3. The Bertz CT molecular complexity index is 297. The number of hydrogen-bond acceptors (Lipinski definition) is 5. The van der Waals surface area contributed by atoms with Crippen molar-refractivity contribution in [3.8, 4) is 0 Å². The fourth-order valence-electron chi connectivity index (χ4n) is 1.75. The van der Waals surface area contributed by atoms with Crippen molar-refractivity contribution < 1.29 is 19.8 Å². The largest absolute Gasteiger partial charge is 0.480 e. The summed E-state index contributed by atoms with van der Waals surface area (Å²) in [5.41, 5.74) is 5.50. The number of nitrogens with zero attached hydrogens (tertiary/aromatic N) is 1. The highest BCUT2D eigenvalue weighted by atomic mass is 32.2. The van der Waals surface area contributed by atoms with E-state index in [2.05, 4.69) is 0 Å². The summed E-state index contributed by atoms with van der Waals surface area (Å²) in [6.07, 6.45) is -1.01. The van der Waals surface area contributed by atoms with Crippen LogP contribution < -0.4 is 5.73 Å². The van der Waals surface area contributed by atoms with Crippen molar-refractivity contribution in [3.05, 3.63) is 0 Å².